The lowest BCUT2D eigenvalue weighted by atomic mass is 9.43. The molecule has 4 nitrogen and oxygen atoms in total. The minimum atomic E-state index is -1.62. The van der Waals surface area contributed by atoms with E-state index < -0.39 is 5.79 Å². The van der Waals surface area contributed by atoms with Gasteiger partial charge < -0.3 is 15.3 Å². The van der Waals surface area contributed by atoms with Gasteiger partial charge in [0.05, 0.1) is 6.10 Å². The van der Waals surface area contributed by atoms with Gasteiger partial charge in [-0.3, -0.25) is 4.79 Å². The fourth-order valence-electron chi connectivity index (χ4n) is 10.2. The normalized spacial score (nSPS) is 45.3. The highest BCUT2D eigenvalue weighted by atomic mass is 16.5. The first-order chi connectivity index (χ1) is 15.4. The van der Waals surface area contributed by atoms with Crippen molar-refractivity contribution in [1.82, 2.24) is 0 Å². The van der Waals surface area contributed by atoms with E-state index in [9.17, 15) is 20.1 Å². The Balaban J connectivity index is 1.55. The van der Waals surface area contributed by atoms with E-state index in [1.54, 1.807) is 0 Å². The molecule has 0 saturated heterocycles. The molecule has 4 aliphatic carbocycles. The molecule has 0 radical (unpaired) electrons. The van der Waals surface area contributed by atoms with E-state index >= 15 is 0 Å². The maximum absolute atomic E-state index is 13.3. The van der Waals surface area contributed by atoms with Gasteiger partial charge in [-0.1, -0.05) is 48.0 Å². The Bertz CT molecular complexity index is 731. The maximum atomic E-state index is 13.3. The number of hydrogen-bond acceptors (Lipinski definition) is 4. The van der Waals surface area contributed by atoms with E-state index in [0.717, 1.165) is 51.4 Å². The average Bonchev–Trinajstić information content (AvgIpc) is 3.07. The van der Waals surface area contributed by atoms with E-state index in [2.05, 4.69) is 41.5 Å². The zero-order valence-corrected chi connectivity index (χ0v) is 22.0. The Morgan fingerprint density at radius 2 is 1.73 bits per heavy atom. The zero-order valence-electron chi connectivity index (χ0n) is 22.0. The number of hydrogen-bond donors (Lipinski definition) is 3. The molecule has 0 bridgehead atoms. The fraction of sp³-hybridized carbons (Fsp3) is 0.966. The second-order valence-corrected chi connectivity index (χ2v) is 13.5. The van der Waals surface area contributed by atoms with Crippen LogP contribution in [-0.4, -0.2) is 33.0 Å². The average molecular weight is 463 g/mol. The van der Waals surface area contributed by atoms with Gasteiger partial charge >= 0.3 is 0 Å². The van der Waals surface area contributed by atoms with Crippen LogP contribution in [0.4, 0.5) is 0 Å². The van der Waals surface area contributed by atoms with Crippen LogP contribution in [0.5, 0.6) is 0 Å². The molecule has 0 spiro atoms. The molecule has 0 aromatic rings. The molecule has 4 fully saturated rings. The van der Waals surface area contributed by atoms with Gasteiger partial charge in [-0.05, 0) is 85.9 Å². The quantitative estimate of drug-likeness (QED) is 0.451. The number of aliphatic hydroxyl groups excluding tert-OH is 1. The molecule has 0 aromatic heterocycles. The van der Waals surface area contributed by atoms with E-state index in [1.165, 1.54) is 0 Å². The Labute approximate surface area is 201 Å². The number of rotatable bonds is 6. The molecule has 0 aliphatic heterocycles. The van der Waals surface area contributed by atoms with Crippen LogP contribution in [0.2, 0.25) is 0 Å². The molecule has 0 aromatic carbocycles. The third-order valence-corrected chi connectivity index (χ3v) is 11.7. The topological polar surface area (TPSA) is 77.8 Å². The van der Waals surface area contributed by atoms with Gasteiger partial charge in [-0.25, -0.2) is 0 Å². The molecule has 10 atom stereocenters. The summed E-state index contributed by atoms with van der Waals surface area (Å²) in [4.78, 5) is 13.3. The van der Waals surface area contributed by atoms with Crippen LogP contribution in [0.3, 0.4) is 0 Å². The van der Waals surface area contributed by atoms with Crippen molar-refractivity contribution in [3.05, 3.63) is 0 Å². The molecule has 3 N–H and O–H groups in total. The second kappa shape index (κ2) is 8.89. The summed E-state index contributed by atoms with van der Waals surface area (Å²) in [5.74, 6) is 1.01. The van der Waals surface area contributed by atoms with Crippen LogP contribution in [0.1, 0.15) is 106 Å². The minimum absolute atomic E-state index is 0.0504. The smallest absolute Gasteiger partial charge is 0.165 e. The van der Waals surface area contributed by atoms with E-state index in [4.69, 9.17) is 0 Å². The van der Waals surface area contributed by atoms with Crippen LogP contribution in [0.15, 0.2) is 0 Å². The minimum Gasteiger partial charge on any atom is -0.393 e. The van der Waals surface area contributed by atoms with Crippen LogP contribution < -0.4 is 0 Å². The lowest BCUT2D eigenvalue weighted by Crippen LogP contribution is -2.60. The lowest BCUT2D eigenvalue weighted by molar-refractivity contribution is -0.226. The fourth-order valence-corrected chi connectivity index (χ4v) is 10.2. The van der Waals surface area contributed by atoms with E-state index in [0.29, 0.717) is 42.3 Å². The van der Waals surface area contributed by atoms with Crippen molar-refractivity contribution in [1.29, 1.82) is 0 Å². The number of Topliss-reactive ketones (excluding diaryl/α,β-unsaturated/α-hetero) is 1. The summed E-state index contributed by atoms with van der Waals surface area (Å²) in [6, 6.07) is 0. The SMILES string of the molecule is CC[C@H](C(C)C)C(O)(O)C[C@@H](C)[C@H]1CC[C@H]2[C@H]3CC(=O)C4CCCC(O)[C@@]4(C)[C@H]3CC[C@]12C. The lowest BCUT2D eigenvalue weighted by Gasteiger charge is -2.61. The Kier molecular flexibility index (Phi) is 6.91. The Morgan fingerprint density at radius 3 is 2.36 bits per heavy atom. The molecule has 4 heteroatoms. The molecule has 4 rings (SSSR count). The van der Waals surface area contributed by atoms with Gasteiger partial charge in [0, 0.05) is 30.1 Å². The number of ketones is 1. The van der Waals surface area contributed by atoms with Gasteiger partial charge in [0.25, 0.3) is 0 Å². The molecule has 0 amide bonds. The van der Waals surface area contributed by atoms with Crippen molar-refractivity contribution in [3.8, 4) is 0 Å². The summed E-state index contributed by atoms with van der Waals surface area (Å²) in [6.07, 6.45) is 8.85. The maximum Gasteiger partial charge on any atom is 0.165 e. The molecular weight excluding hydrogens is 412 g/mol. The third-order valence-electron chi connectivity index (χ3n) is 11.7. The molecule has 4 saturated carbocycles. The van der Waals surface area contributed by atoms with Crippen LogP contribution in [0, 0.1) is 58.2 Å². The standard InChI is InChI=1S/C29H50O4/c1-7-20(17(2)3)29(32,33)16-18(4)21-11-12-22-19-15-25(30)24-9-8-10-26(31)28(24,6)23(19)13-14-27(21,22)5/h17-24,26,31-33H,7-16H2,1-6H3/t18-,19-,20-,21-,22+,23+,24?,26?,27-,28+/m1/s1. The highest BCUT2D eigenvalue weighted by Crippen LogP contribution is 2.68. The molecule has 2 unspecified atom stereocenters. The van der Waals surface area contributed by atoms with Gasteiger partial charge in [0.1, 0.15) is 5.78 Å². The van der Waals surface area contributed by atoms with Gasteiger partial charge in [-0.2, -0.15) is 0 Å². The highest BCUT2D eigenvalue weighted by Gasteiger charge is 2.64. The zero-order chi connectivity index (χ0) is 24.3. The van der Waals surface area contributed by atoms with Crippen molar-refractivity contribution < 1.29 is 20.1 Å². The molecule has 0 heterocycles. The van der Waals surface area contributed by atoms with Gasteiger partial charge in [0.2, 0.25) is 0 Å². The Hall–Kier alpha value is -0.450. The van der Waals surface area contributed by atoms with Gasteiger partial charge in [0.15, 0.2) is 5.79 Å². The Morgan fingerprint density at radius 1 is 1.03 bits per heavy atom. The van der Waals surface area contributed by atoms with Crippen LogP contribution in [0.25, 0.3) is 0 Å². The van der Waals surface area contributed by atoms with Crippen LogP contribution in [-0.2, 0) is 4.79 Å². The highest BCUT2D eigenvalue weighted by molar-refractivity contribution is 5.83. The number of carbonyl (C=O) groups excluding carboxylic acids is 1. The predicted molar refractivity (Wildman–Crippen MR) is 131 cm³/mol. The first kappa shape index (κ1) is 25.6. The number of fused-ring (bicyclic) bond motifs is 5. The number of aliphatic hydroxyl groups is 3. The molecule has 4 aliphatic rings. The molecule has 33 heavy (non-hydrogen) atoms. The monoisotopic (exact) mass is 462 g/mol. The first-order valence-electron chi connectivity index (χ1n) is 14.0. The summed E-state index contributed by atoms with van der Waals surface area (Å²) < 4.78 is 0. The van der Waals surface area contributed by atoms with E-state index in [-0.39, 0.29) is 40.6 Å². The van der Waals surface area contributed by atoms with Crippen molar-refractivity contribution >= 4 is 5.78 Å². The molecular formula is C29H50O4. The number of carbonyl (C=O) groups is 1. The van der Waals surface area contributed by atoms with Crippen molar-refractivity contribution in [2.75, 3.05) is 0 Å². The van der Waals surface area contributed by atoms with Crippen LogP contribution >= 0.6 is 0 Å². The van der Waals surface area contributed by atoms with Crippen molar-refractivity contribution in [2.24, 2.45) is 58.2 Å². The van der Waals surface area contributed by atoms with Crippen molar-refractivity contribution in [2.45, 2.75) is 118 Å². The summed E-state index contributed by atoms with van der Waals surface area (Å²) in [6.45, 7) is 13.1. The first-order valence-corrected chi connectivity index (χ1v) is 14.0. The van der Waals surface area contributed by atoms with E-state index in [1.807, 2.05) is 0 Å². The summed E-state index contributed by atoms with van der Waals surface area (Å²) >= 11 is 0. The summed E-state index contributed by atoms with van der Waals surface area (Å²) in [7, 11) is 0. The molecule has 190 valence electrons. The van der Waals surface area contributed by atoms with Gasteiger partial charge in [-0.15, -0.1) is 0 Å². The summed E-state index contributed by atoms with van der Waals surface area (Å²) in [5, 5.41) is 33.2. The third kappa shape index (κ3) is 3.95. The largest absolute Gasteiger partial charge is 0.393 e. The summed E-state index contributed by atoms with van der Waals surface area (Å²) in [5.41, 5.74) is -0.0977. The predicted octanol–water partition coefficient (Wildman–Crippen LogP) is 5.57. The second-order valence-electron chi connectivity index (χ2n) is 13.5. The van der Waals surface area contributed by atoms with Crippen molar-refractivity contribution in [3.63, 3.8) is 0 Å².